The van der Waals surface area contributed by atoms with Crippen LogP contribution in [0.3, 0.4) is 0 Å². The summed E-state index contributed by atoms with van der Waals surface area (Å²) < 4.78 is 0. The molecule has 0 saturated heterocycles. The van der Waals surface area contributed by atoms with E-state index < -0.39 is 0 Å². The second-order valence-corrected chi connectivity index (χ2v) is 10.1. The third kappa shape index (κ3) is 8.32. The van der Waals surface area contributed by atoms with E-state index in [1.807, 2.05) is 0 Å². The van der Waals surface area contributed by atoms with Gasteiger partial charge in [-0.05, 0) is 61.4 Å². The summed E-state index contributed by atoms with van der Waals surface area (Å²) in [5, 5.41) is 24.2. The van der Waals surface area contributed by atoms with Crippen molar-refractivity contribution >= 4 is 44.7 Å². The molecule has 0 radical (unpaired) electrons. The summed E-state index contributed by atoms with van der Waals surface area (Å²) in [6.07, 6.45) is 2.25. The minimum absolute atomic E-state index is 0. The maximum Gasteiger partial charge on any atom is 2.00 e. The Morgan fingerprint density at radius 2 is 0.872 bits per heavy atom. The Kier molecular flexibility index (Phi) is 11.4. The first-order valence-corrected chi connectivity index (χ1v) is 13.2. The van der Waals surface area contributed by atoms with Crippen LogP contribution in [0.15, 0.2) is 109 Å². The molecule has 0 unspecified atom stereocenters. The molecule has 0 aliphatic carbocycles. The van der Waals surface area contributed by atoms with E-state index in [0.717, 1.165) is 12.8 Å². The van der Waals surface area contributed by atoms with Crippen molar-refractivity contribution in [3.05, 3.63) is 141 Å². The zero-order valence-corrected chi connectivity index (χ0v) is 25.9. The Morgan fingerprint density at radius 1 is 0.538 bits per heavy atom. The molecule has 0 heterocycles. The van der Waals surface area contributed by atoms with Crippen molar-refractivity contribution in [2.45, 2.75) is 26.7 Å². The Morgan fingerprint density at radius 3 is 1.18 bits per heavy atom. The van der Waals surface area contributed by atoms with Gasteiger partial charge in [0.1, 0.15) is 11.5 Å². The van der Waals surface area contributed by atoms with E-state index in [1.165, 1.54) is 43.8 Å². The molecule has 0 aliphatic rings. The molecule has 6 rings (SSSR count). The molecule has 0 spiro atoms. The Bertz CT molecular complexity index is 1450. The van der Waals surface area contributed by atoms with Gasteiger partial charge >= 0.3 is 26.2 Å². The average molecular weight is 633 g/mol. The van der Waals surface area contributed by atoms with Crippen LogP contribution in [-0.4, -0.2) is 10.2 Å². The van der Waals surface area contributed by atoms with Gasteiger partial charge in [0.2, 0.25) is 0 Å². The van der Waals surface area contributed by atoms with Crippen molar-refractivity contribution < 1.29 is 36.4 Å². The monoisotopic (exact) mass is 630 g/mol. The van der Waals surface area contributed by atoms with Gasteiger partial charge in [0.05, 0.1) is 0 Å². The first-order valence-electron chi connectivity index (χ1n) is 12.5. The number of aromatic hydroxyl groups is 2. The molecular formula is C34H30Cl2O2Zr. The van der Waals surface area contributed by atoms with Gasteiger partial charge in [0.25, 0.3) is 0 Å². The van der Waals surface area contributed by atoms with Crippen molar-refractivity contribution in [1.82, 2.24) is 0 Å². The largest absolute Gasteiger partial charge is 2.00 e. The summed E-state index contributed by atoms with van der Waals surface area (Å²) in [6, 6.07) is 34.9. The van der Waals surface area contributed by atoms with Gasteiger partial charge in [-0.25, -0.2) is 0 Å². The third-order valence-corrected chi connectivity index (χ3v) is 7.17. The summed E-state index contributed by atoms with van der Waals surface area (Å²) >= 11 is 11.0. The van der Waals surface area contributed by atoms with Crippen LogP contribution in [0.5, 0.6) is 11.5 Å². The molecule has 196 valence electrons. The normalized spacial score (nSPS) is 10.3. The van der Waals surface area contributed by atoms with Crippen LogP contribution in [0.2, 0.25) is 10.0 Å². The zero-order chi connectivity index (χ0) is 27.1. The van der Waals surface area contributed by atoms with E-state index in [0.29, 0.717) is 10.0 Å². The molecule has 0 bridgehead atoms. The molecule has 6 aromatic rings. The van der Waals surface area contributed by atoms with Crippen LogP contribution in [0.1, 0.15) is 22.3 Å². The molecule has 0 fully saturated rings. The van der Waals surface area contributed by atoms with Gasteiger partial charge in [-0.15, -0.1) is 81.2 Å². The predicted molar refractivity (Wildman–Crippen MR) is 162 cm³/mol. The van der Waals surface area contributed by atoms with Crippen LogP contribution >= 0.6 is 23.2 Å². The summed E-state index contributed by atoms with van der Waals surface area (Å²) in [5.41, 5.74) is 5.88. The number of aryl methyl sites for hydroxylation is 4. The number of phenolic OH excluding ortho intramolecular Hbond substituents is 2. The quantitative estimate of drug-likeness (QED) is 0.191. The van der Waals surface area contributed by atoms with Gasteiger partial charge in [-0.1, -0.05) is 49.2 Å². The van der Waals surface area contributed by atoms with Gasteiger partial charge in [0, 0.05) is 10.0 Å². The number of halogens is 2. The molecule has 39 heavy (non-hydrogen) atoms. The molecule has 6 aromatic carbocycles. The van der Waals surface area contributed by atoms with Crippen molar-refractivity contribution in [1.29, 1.82) is 0 Å². The molecular weight excluding hydrogens is 603 g/mol. The number of hydrogen-bond acceptors (Lipinski definition) is 2. The summed E-state index contributed by atoms with van der Waals surface area (Å²) in [4.78, 5) is 0. The zero-order valence-electron chi connectivity index (χ0n) is 22.0. The molecule has 0 saturated carbocycles. The summed E-state index contributed by atoms with van der Waals surface area (Å²) in [7, 11) is 0. The van der Waals surface area contributed by atoms with E-state index in [2.05, 4.69) is 74.5 Å². The smallest absolute Gasteiger partial charge is 0.508 e. The van der Waals surface area contributed by atoms with E-state index in [9.17, 15) is 0 Å². The minimum Gasteiger partial charge on any atom is -0.508 e. The second-order valence-electron chi connectivity index (χ2n) is 9.22. The number of rotatable bonds is 3. The fraction of sp³-hybridized carbons (Fsp3) is 0.118. The van der Waals surface area contributed by atoms with E-state index in [4.69, 9.17) is 33.4 Å². The SMILES string of the molecule is Cc1c(CCc2[cH-]c3ccccc3c2C)[cH-]c2ccccc12.Oc1ccc(Cl)cc1.Oc1ccc(Cl)cc1.[Zr+2]. The first-order chi connectivity index (χ1) is 18.3. The minimum atomic E-state index is 0. The fourth-order valence-electron chi connectivity index (χ4n) is 4.54. The maximum absolute atomic E-state index is 8.70. The van der Waals surface area contributed by atoms with Gasteiger partial charge < -0.3 is 10.2 Å². The van der Waals surface area contributed by atoms with Crippen LogP contribution in [0.25, 0.3) is 21.5 Å². The van der Waals surface area contributed by atoms with Crippen LogP contribution in [0.4, 0.5) is 0 Å². The predicted octanol–water partition coefficient (Wildman–Crippen LogP) is 9.92. The van der Waals surface area contributed by atoms with Crippen LogP contribution in [-0.2, 0) is 39.0 Å². The van der Waals surface area contributed by atoms with Crippen molar-refractivity contribution in [2.75, 3.05) is 0 Å². The Balaban J connectivity index is 0.000000204. The Labute approximate surface area is 259 Å². The molecule has 0 aromatic heterocycles. The number of benzene rings is 4. The van der Waals surface area contributed by atoms with E-state index in [-0.39, 0.29) is 37.7 Å². The topological polar surface area (TPSA) is 40.5 Å². The Hall–Kier alpha value is -2.84. The van der Waals surface area contributed by atoms with Gasteiger partial charge in [-0.2, -0.15) is 11.1 Å². The summed E-state index contributed by atoms with van der Waals surface area (Å²) in [6.45, 7) is 4.51. The standard InChI is InChI=1S/C22H20.2C6H5ClO.Zr/c1-15-17(13-19-7-3-5-9-21(15)19)11-12-18-14-20-8-4-6-10-22(20)16(18)2;2*7-5-1-3-6(8)4-2-5;/h3-10,13-14H,11-12H2,1-2H3;2*1-4,8H;/q-2;;;+2. The molecule has 5 heteroatoms. The number of hydrogen-bond donors (Lipinski definition) is 2. The molecule has 2 N–H and O–H groups in total. The van der Waals surface area contributed by atoms with E-state index in [1.54, 1.807) is 48.5 Å². The average Bonchev–Trinajstić information content (AvgIpc) is 3.43. The van der Waals surface area contributed by atoms with Crippen molar-refractivity contribution in [2.24, 2.45) is 0 Å². The van der Waals surface area contributed by atoms with Crippen LogP contribution in [0, 0.1) is 13.8 Å². The fourth-order valence-corrected chi connectivity index (χ4v) is 4.79. The van der Waals surface area contributed by atoms with Crippen molar-refractivity contribution in [3.63, 3.8) is 0 Å². The van der Waals surface area contributed by atoms with Gasteiger partial charge in [0.15, 0.2) is 0 Å². The summed E-state index contributed by atoms with van der Waals surface area (Å²) in [5.74, 6) is 0.490. The molecule has 2 nitrogen and oxygen atoms in total. The molecule has 0 amide bonds. The number of phenols is 2. The van der Waals surface area contributed by atoms with E-state index >= 15 is 0 Å². The van der Waals surface area contributed by atoms with Crippen LogP contribution < -0.4 is 0 Å². The van der Waals surface area contributed by atoms with Gasteiger partial charge in [-0.3, -0.25) is 0 Å². The molecule has 0 aliphatic heterocycles. The molecule has 0 atom stereocenters. The second kappa shape index (κ2) is 14.5. The number of fused-ring (bicyclic) bond motifs is 2. The van der Waals surface area contributed by atoms with Crippen molar-refractivity contribution in [3.8, 4) is 11.5 Å². The third-order valence-electron chi connectivity index (χ3n) is 6.67. The maximum atomic E-state index is 8.70. The first kappa shape index (κ1) is 30.7.